The third-order valence-corrected chi connectivity index (χ3v) is 6.85. The van der Waals surface area contributed by atoms with Crippen molar-refractivity contribution in [3.05, 3.63) is 56.9 Å². The number of pyridine rings is 2. The van der Waals surface area contributed by atoms with Gasteiger partial charge in [0.05, 0.1) is 15.5 Å². The summed E-state index contributed by atoms with van der Waals surface area (Å²) in [6.45, 7) is 5.16. The number of rotatable bonds is 4. The smallest absolute Gasteiger partial charge is 0.311 e. The van der Waals surface area contributed by atoms with Crippen LogP contribution >= 0.6 is 11.6 Å². The van der Waals surface area contributed by atoms with Crippen molar-refractivity contribution in [3.63, 3.8) is 0 Å². The minimum absolute atomic E-state index is 0.0833. The second kappa shape index (κ2) is 8.05. The van der Waals surface area contributed by atoms with Crippen LogP contribution in [-0.4, -0.2) is 34.0 Å². The highest BCUT2D eigenvalue weighted by Crippen LogP contribution is 2.35. The molecule has 0 amide bonds. The molecule has 12 heteroatoms. The third-order valence-electron chi connectivity index (χ3n) is 5.17. The van der Waals surface area contributed by atoms with Crippen LogP contribution in [0.25, 0.3) is 10.9 Å². The van der Waals surface area contributed by atoms with Gasteiger partial charge in [0.15, 0.2) is 11.2 Å². The highest BCUT2D eigenvalue weighted by atomic mass is 35.5. The summed E-state index contributed by atoms with van der Waals surface area (Å²) in [5.41, 5.74) is -0.757. The molecular weight excluding hydrogens is 479 g/mol. The van der Waals surface area contributed by atoms with Crippen molar-refractivity contribution in [1.29, 1.82) is 0 Å². The average Bonchev–Trinajstić information content (AvgIpc) is 3.47. The number of halogens is 4. The van der Waals surface area contributed by atoms with Crippen LogP contribution in [0.1, 0.15) is 56.6 Å². The van der Waals surface area contributed by atoms with Gasteiger partial charge in [-0.25, -0.2) is 9.19 Å². The van der Waals surface area contributed by atoms with Crippen molar-refractivity contribution in [1.82, 2.24) is 19.3 Å². The summed E-state index contributed by atoms with van der Waals surface area (Å²) in [5, 5.41) is 4.18. The van der Waals surface area contributed by atoms with E-state index in [4.69, 9.17) is 11.6 Å². The predicted molar refractivity (Wildman–Crippen MR) is 121 cm³/mol. The first kappa shape index (κ1) is 23.6. The molecule has 0 saturated heterocycles. The van der Waals surface area contributed by atoms with Gasteiger partial charge < -0.3 is 4.57 Å². The second-order valence-corrected chi connectivity index (χ2v) is 11.2. The summed E-state index contributed by atoms with van der Waals surface area (Å²) < 4.78 is 59.1. The number of fused-ring (bicyclic) bond motifs is 1. The van der Waals surface area contributed by atoms with Crippen molar-refractivity contribution >= 4 is 39.2 Å². The van der Waals surface area contributed by atoms with E-state index >= 15 is 0 Å². The highest BCUT2D eigenvalue weighted by Gasteiger charge is 2.36. The fourth-order valence-electron chi connectivity index (χ4n) is 3.35. The monoisotopic (exact) mass is 499 g/mol. The van der Waals surface area contributed by atoms with Crippen LogP contribution in [0.5, 0.6) is 0 Å². The van der Waals surface area contributed by atoms with E-state index in [1.807, 2.05) is 0 Å². The van der Waals surface area contributed by atoms with E-state index in [9.17, 15) is 22.2 Å². The van der Waals surface area contributed by atoms with Gasteiger partial charge in [-0.1, -0.05) is 11.6 Å². The molecule has 1 aliphatic rings. The summed E-state index contributed by atoms with van der Waals surface area (Å²) in [7, 11) is -0.181. The zero-order valence-electron chi connectivity index (χ0n) is 18.3. The minimum Gasteiger partial charge on any atom is -0.311 e. The molecule has 1 unspecified atom stereocenters. The maximum atomic E-state index is 13.2. The lowest BCUT2D eigenvalue weighted by Gasteiger charge is -2.16. The highest BCUT2D eigenvalue weighted by molar-refractivity contribution is 7.85. The maximum absolute atomic E-state index is 13.2. The van der Waals surface area contributed by atoms with E-state index < -0.39 is 32.6 Å². The molecule has 7 nitrogen and oxygen atoms in total. The van der Waals surface area contributed by atoms with Gasteiger partial charge in [0.2, 0.25) is 0 Å². The summed E-state index contributed by atoms with van der Waals surface area (Å²) in [4.78, 5) is 16.4. The van der Waals surface area contributed by atoms with Crippen molar-refractivity contribution in [3.8, 4) is 0 Å². The van der Waals surface area contributed by atoms with Gasteiger partial charge in [-0.15, -0.1) is 0 Å². The summed E-state index contributed by atoms with van der Waals surface area (Å²) in [6.07, 6.45) is -0.244. The first-order chi connectivity index (χ1) is 15.3. The Morgan fingerprint density at radius 2 is 1.94 bits per heavy atom. The van der Waals surface area contributed by atoms with Gasteiger partial charge in [-0.05, 0) is 45.7 Å². The summed E-state index contributed by atoms with van der Waals surface area (Å²) in [6, 6.07) is 2.94. The number of hydrogen-bond acceptors (Lipinski definition) is 4. The molecule has 0 aliphatic heterocycles. The van der Waals surface area contributed by atoms with E-state index in [1.165, 1.54) is 4.68 Å². The summed E-state index contributed by atoms with van der Waals surface area (Å²) in [5.74, 6) is 0. The van der Waals surface area contributed by atoms with Crippen LogP contribution in [0, 0.1) is 0 Å². The maximum Gasteiger partial charge on any atom is 0.434 e. The number of nitrogens with zero attached hydrogens (tertiary/aromatic N) is 5. The first-order valence-corrected chi connectivity index (χ1v) is 11.6. The largest absolute Gasteiger partial charge is 0.434 e. The Morgan fingerprint density at radius 1 is 1.27 bits per heavy atom. The van der Waals surface area contributed by atoms with Gasteiger partial charge in [-0.2, -0.15) is 22.7 Å². The average molecular weight is 500 g/mol. The Labute approximate surface area is 194 Å². The third kappa shape index (κ3) is 4.48. The van der Waals surface area contributed by atoms with Crippen LogP contribution in [0.15, 0.2) is 33.7 Å². The fraction of sp³-hybridized carbons (Fsp3) is 0.429. The molecular formula is C21H21ClF3N5O2S. The lowest BCUT2D eigenvalue weighted by molar-refractivity contribution is -0.141. The van der Waals surface area contributed by atoms with Crippen LogP contribution < -0.4 is 5.56 Å². The van der Waals surface area contributed by atoms with E-state index in [0.29, 0.717) is 11.1 Å². The minimum atomic E-state index is -4.73. The SMILES string of the molecule is Cn1nc2c(=O)n(C3CC3)ccc2c1C(=NS(=O)C(C)(C)C)c1cnc(C(F)(F)F)c(Cl)c1. The molecule has 0 aromatic carbocycles. The van der Waals surface area contributed by atoms with Crippen LogP contribution in [0.2, 0.25) is 5.02 Å². The van der Waals surface area contributed by atoms with Gasteiger partial charge >= 0.3 is 6.18 Å². The lowest BCUT2D eigenvalue weighted by Crippen LogP contribution is -2.22. The van der Waals surface area contributed by atoms with Gasteiger partial charge in [0, 0.05) is 36.4 Å². The molecule has 4 rings (SSSR count). The number of aromatic nitrogens is 4. The normalized spacial score (nSPS) is 16.4. The van der Waals surface area contributed by atoms with Crippen LogP contribution in [-0.2, 0) is 24.2 Å². The Hall–Kier alpha value is -2.53. The zero-order chi connectivity index (χ0) is 24.3. The van der Waals surface area contributed by atoms with E-state index in [0.717, 1.165) is 25.1 Å². The van der Waals surface area contributed by atoms with E-state index in [-0.39, 0.29) is 28.4 Å². The Balaban J connectivity index is 1.96. The van der Waals surface area contributed by atoms with Crippen LogP contribution in [0.3, 0.4) is 0 Å². The molecule has 3 heterocycles. The molecule has 0 N–H and O–H groups in total. The van der Waals surface area contributed by atoms with Gasteiger partial charge in [0.25, 0.3) is 5.56 Å². The molecule has 0 spiro atoms. The molecule has 33 heavy (non-hydrogen) atoms. The zero-order valence-corrected chi connectivity index (χ0v) is 19.8. The second-order valence-electron chi connectivity index (χ2n) is 8.85. The number of aryl methyl sites for hydroxylation is 1. The molecule has 3 aromatic rings. The fourth-order valence-corrected chi connectivity index (χ4v) is 4.26. The number of hydrogen-bond donors (Lipinski definition) is 0. The van der Waals surface area contributed by atoms with Crippen molar-refractivity contribution in [2.24, 2.45) is 11.4 Å². The van der Waals surface area contributed by atoms with Crippen molar-refractivity contribution < 1.29 is 17.4 Å². The molecule has 176 valence electrons. The summed E-state index contributed by atoms with van der Waals surface area (Å²) >= 11 is 5.90. The first-order valence-electron chi connectivity index (χ1n) is 10.1. The standard InChI is InChI=1S/C21H21ClF3N5O2S/c1-20(2,3)33(32)28-15(11-9-14(22)18(26-10-11)21(23,24)25)17-13-7-8-30(12-5-6-12)19(31)16(13)27-29(17)4/h7-10,12H,5-6H2,1-4H3. The molecule has 0 radical (unpaired) electrons. The number of alkyl halides is 3. The quantitative estimate of drug-likeness (QED) is 0.497. The molecule has 1 atom stereocenters. The van der Waals surface area contributed by atoms with Crippen LogP contribution in [0.4, 0.5) is 13.2 Å². The van der Waals surface area contributed by atoms with E-state index in [2.05, 4.69) is 14.5 Å². The molecule has 1 fully saturated rings. The molecule has 1 aliphatic carbocycles. The Morgan fingerprint density at radius 3 is 2.48 bits per heavy atom. The Bertz CT molecular complexity index is 1370. The molecule has 1 saturated carbocycles. The molecule has 0 bridgehead atoms. The van der Waals surface area contributed by atoms with Gasteiger partial charge in [0.1, 0.15) is 16.7 Å². The lowest BCUT2D eigenvalue weighted by atomic mass is 10.1. The van der Waals surface area contributed by atoms with Crippen molar-refractivity contribution in [2.75, 3.05) is 0 Å². The molecule has 3 aromatic heterocycles. The van der Waals surface area contributed by atoms with E-state index in [1.54, 1.807) is 44.6 Å². The topological polar surface area (TPSA) is 82.1 Å². The van der Waals surface area contributed by atoms with Crippen molar-refractivity contribution in [2.45, 2.75) is 50.6 Å². The van der Waals surface area contributed by atoms with Gasteiger partial charge in [-0.3, -0.25) is 9.48 Å². The Kier molecular flexibility index (Phi) is 5.76. The predicted octanol–water partition coefficient (Wildman–Crippen LogP) is 4.44.